The van der Waals surface area contributed by atoms with Gasteiger partial charge in [-0.1, -0.05) is 6.07 Å². The van der Waals surface area contributed by atoms with Crippen LogP contribution in [0.25, 0.3) is 5.65 Å². The molecule has 174 valence electrons. The Bertz CT molecular complexity index is 1220. The van der Waals surface area contributed by atoms with Crippen molar-refractivity contribution in [3.8, 4) is 5.88 Å². The maximum absolute atomic E-state index is 13.3. The largest absolute Gasteiger partial charge is 0.472 e. The molecule has 8 nitrogen and oxygen atoms in total. The predicted octanol–water partition coefficient (Wildman–Crippen LogP) is 3.87. The number of aromatic nitrogens is 4. The Balaban J connectivity index is 1.48. The fraction of sp³-hybridized carbons (Fsp3) is 0.455. The Labute approximate surface area is 187 Å². The minimum Gasteiger partial charge on any atom is -0.472 e. The Kier molecular flexibility index (Phi) is 5.04. The highest BCUT2D eigenvalue weighted by Gasteiger charge is 2.64. The maximum atomic E-state index is 13.3. The van der Waals surface area contributed by atoms with E-state index in [0.29, 0.717) is 25.1 Å². The fourth-order valence-corrected chi connectivity index (χ4v) is 4.53. The molecule has 3 aromatic heterocycles. The average Bonchev–Trinajstić information content (AvgIpc) is 3.45. The third-order valence-electron chi connectivity index (χ3n) is 5.99. The topological polar surface area (TPSA) is 90.6 Å². The third-order valence-corrected chi connectivity index (χ3v) is 5.99. The summed E-state index contributed by atoms with van der Waals surface area (Å²) in [5, 5.41) is 2.49. The van der Waals surface area contributed by atoms with E-state index in [9.17, 15) is 18.0 Å². The molecule has 0 spiro atoms. The molecule has 2 bridgehead atoms. The molecular weight excluding hydrogens is 439 g/mol. The van der Waals surface area contributed by atoms with Crippen LogP contribution in [0.1, 0.15) is 55.0 Å². The smallest absolute Gasteiger partial charge is 0.280 e. The van der Waals surface area contributed by atoms with Crippen LogP contribution in [0, 0.1) is 0 Å². The van der Waals surface area contributed by atoms with Gasteiger partial charge in [0.25, 0.3) is 18.2 Å². The zero-order valence-electron chi connectivity index (χ0n) is 18.0. The van der Waals surface area contributed by atoms with Crippen molar-refractivity contribution in [2.24, 2.45) is 0 Å². The van der Waals surface area contributed by atoms with E-state index in [0.717, 1.165) is 5.69 Å². The molecule has 2 aliphatic heterocycles. The van der Waals surface area contributed by atoms with Gasteiger partial charge in [0.1, 0.15) is 23.9 Å². The molecule has 6 rings (SSSR count). The lowest BCUT2D eigenvalue weighted by Gasteiger charge is -2.41. The van der Waals surface area contributed by atoms with Gasteiger partial charge in [0.2, 0.25) is 5.65 Å². The molecule has 0 radical (unpaired) electrons. The number of hydrogen-bond acceptors (Lipinski definition) is 6. The van der Waals surface area contributed by atoms with Gasteiger partial charge >= 0.3 is 0 Å². The monoisotopic (exact) mass is 461 g/mol. The highest BCUT2D eigenvalue weighted by molar-refractivity contribution is 6.02. The first-order valence-corrected chi connectivity index (χ1v) is 10.6. The lowest BCUT2D eigenvalue weighted by molar-refractivity contribution is -0.0235. The molecule has 3 aliphatic rings. The first kappa shape index (κ1) is 21.6. The molecule has 1 saturated carbocycles. The summed E-state index contributed by atoms with van der Waals surface area (Å²) in [5.41, 5.74) is -0.373. The molecule has 1 aliphatic carbocycles. The van der Waals surface area contributed by atoms with Crippen LogP contribution in [-0.2, 0) is 10.2 Å². The number of nitrogens with one attached hydrogen (secondary N) is 1. The molecule has 33 heavy (non-hydrogen) atoms. The second-order valence-electron chi connectivity index (χ2n) is 8.90. The van der Waals surface area contributed by atoms with Gasteiger partial charge in [-0.3, -0.25) is 9.20 Å². The quantitative estimate of drug-likeness (QED) is 0.575. The summed E-state index contributed by atoms with van der Waals surface area (Å²) < 4.78 is 52.3. The number of alkyl halides is 3. The van der Waals surface area contributed by atoms with Gasteiger partial charge in [-0.25, -0.2) is 28.1 Å². The number of amides is 1. The second-order valence-corrected chi connectivity index (χ2v) is 8.90. The standard InChI is InChI=1S/C22H22F3N5O3/c1-12(2)33-20-18-28-15(21-8-22(9-21,10-23)32-11-21)7-30(18)6-14(27-20)19(31)29-16-5-3-4-13(26-16)17(24)25/h3-7,12,17H,8-11H2,1-2H3,(H,26,29,31). The first-order chi connectivity index (χ1) is 15.7. The minimum absolute atomic E-state index is 0.00163. The van der Waals surface area contributed by atoms with E-state index in [1.165, 1.54) is 24.4 Å². The second kappa shape index (κ2) is 7.68. The molecule has 0 atom stereocenters. The van der Waals surface area contributed by atoms with Crippen LogP contribution in [0.15, 0.2) is 30.6 Å². The normalized spacial score (nSPS) is 23.8. The molecule has 3 fully saturated rings. The summed E-state index contributed by atoms with van der Waals surface area (Å²) in [6.45, 7) is 3.49. The number of nitrogens with zero attached hydrogens (tertiary/aromatic N) is 4. The third kappa shape index (κ3) is 3.69. The highest BCUT2D eigenvalue weighted by atomic mass is 19.3. The number of rotatable bonds is 7. The number of imidazole rings is 1. The Morgan fingerprint density at radius 1 is 1.24 bits per heavy atom. The van der Waals surface area contributed by atoms with E-state index < -0.39 is 30.3 Å². The van der Waals surface area contributed by atoms with Crippen LogP contribution in [-0.4, -0.2) is 50.2 Å². The van der Waals surface area contributed by atoms with Crippen molar-refractivity contribution < 1.29 is 27.4 Å². The summed E-state index contributed by atoms with van der Waals surface area (Å²) in [4.78, 5) is 25.6. The van der Waals surface area contributed by atoms with Crippen LogP contribution in [0.4, 0.5) is 19.0 Å². The molecule has 0 unspecified atom stereocenters. The van der Waals surface area contributed by atoms with Gasteiger partial charge in [-0.05, 0) is 38.8 Å². The lowest BCUT2D eigenvalue weighted by Crippen LogP contribution is -2.48. The number of pyridine rings is 1. The Morgan fingerprint density at radius 2 is 2.03 bits per heavy atom. The summed E-state index contributed by atoms with van der Waals surface area (Å²) >= 11 is 0. The van der Waals surface area contributed by atoms with Crippen molar-refractivity contribution in [2.75, 3.05) is 18.6 Å². The minimum atomic E-state index is -2.76. The maximum Gasteiger partial charge on any atom is 0.280 e. The van der Waals surface area contributed by atoms with Gasteiger partial charge in [0.15, 0.2) is 0 Å². The van der Waals surface area contributed by atoms with Crippen LogP contribution in [0.3, 0.4) is 0 Å². The summed E-state index contributed by atoms with van der Waals surface area (Å²) in [7, 11) is 0. The van der Waals surface area contributed by atoms with Crippen molar-refractivity contribution >= 4 is 17.4 Å². The summed E-state index contributed by atoms with van der Waals surface area (Å²) in [6, 6.07) is 3.97. The first-order valence-electron chi connectivity index (χ1n) is 10.6. The number of carbonyl (C=O) groups excluding carboxylic acids is 1. The van der Waals surface area contributed by atoms with Crippen molar-refractivity contribution in [1.82, 2.24) is 19.4 Å². The molecule has 1 N–H and O–H groups in total. The van der Waals surface area contributed by atoms with Crippen molar-refractivity contribution in [3.63, 3.8) is 0 Å². The summed E-state index contributed by atoms with van der Waals surface area (Å²) in [6.07, 6.45) is 1.36. The number of hydrogen-bond donors (Lipinski definition) is 1. The van der Waals surface area contributed by atoms with Crippen LogP contribution in [0.5, 0.6) is 5.88 Å². The lowest BCUT2D eigenvalue weighted by atomic mass is 9.61. The van der Waals surface area contributed by atoms with E-state index >= 15 is 0 Å². The number of ether oxygens (including phenoxy) is 2. The van der Waals surface area contributed by atoms with Crippen molar-refractivity contribution in [3.05, 3.63) is 47.7 Å². The molecule has 11 heteroatoms. The van der Waals surface area contributed by atoms with Crippen molar-refractivity contribution in [1.29, 1.82) is 0 Å². The van der Waals surface area contributed by atoms with Gasteiger partial charge in [0, 0.05) is 17.8 Å². The Morgan fingerprint density at radius 3 is 2.70 bits per heavy atom. The summed E-state index contributed by atoms with van der Waals surface area (Å²) in [5.74, 6) is -0.497. The molecule has 1 amide bonds. The number of carbonyl (C=O) groups is 1. The van der Waals surface area contributed by atoms with Crippen LogP contribution < -0.4 is 10.1 Å². The molecule has 3 aromatic rings. The molecule has 5 heterocycles. The van der Waals surface area contributed by atoms with Crippen LogP contribution >= 0.6 is 0 Å². The SMILES string of the molecule is CC(C)Oc1nc(C(=O)Nc2cccc(C(F)F)n2)cn2cc(C34COC(CF)(C3)C4)nc12. The van der Waals surface area contributed by atoms with Crippen LogP contribution in [0.2, 0.25) is 0 Å². The molecule has 2 saturated heterocycles. The highest BCUT2D eigenvalue weighted by Crippen LogP contribution is 2.58. The molecular formula is C22H22F3N5O3. The zero-order valence-corrected chi connectivity index (χ0v) is 18.0. The fourth-order valence-electron chi connectivity index (χ4n) is 4.53. The number of fused-ring (bicyclic) bond motifs is 2. The van der Waals surface area contributed by atoms with E-state index in [2.05, 4.69) is 20.3 Å². The van der Waals surface area contributed by atoms with Gasteiger partial charge in [-0.2, -0.15) is 0 Å². The number of anilines is 1. The number of halogens is 3. The van der Waals surface area contributed by atoms with E-state index in [1.807, 2.05) is 13.8 Å². The molecule has 0 aromatic carbocycles. The van der Waals surface area contributed by atoms with Crippen molar-refractivity contribution in [2.45, 2.75) is 50.2 Å². The van der Waals surface area contributed by atoms with E-state index in [-0.39, 0.29) is 28.9 Å². The van der Waals surface area contributed by atoms with Gasteiger partial charge < -0.3 is 14.8 Å². The average molecular weight is 461 g/mol. The van der Waals surface area contributed by atoms with Gasteiger partial charge in [-0.15, -0.1) is 0 Å². The predicted molar refractivity (Wildman–Crippen MR) is 111 cm³/mol. The van der Waals surface area contributed by atoms with E-state index in [1.54, 1.807) is 10.6 Å². The zero-order chi connectivity index (χ0) is 23.4. The van der Waals surface area contributed by atoms with Gasteiger partial charge in [0.05, 0.1) is 24.0 Å². The Hall–Kier alpha value is -3.21. The van der Waals surface area contributed by atoms with E-state index in [4.69, 9.17) is 9.47 Å².